The molecule has 3 fully saturated rings. The molecular formula is C17H27Cl2N5O3S. The minimum Gasteiger partial charge on any atom is -0.348 e. The van der Waals surface area contributed by atoms with Crippen molar-refractivity contribution in [2.45, 2.75) is 24.8 Å². The number of carbonyl (C=O) groups excluding carboxylic acids is 1. The third kappa shape index (κ3) is 3.15. The number of carbonyl (C=O) groups is 1. The van der Waals surface area contributed by atoms with E-state index in [1.165, 1.54) is 6.26 Å². The Balaban J connectivity index is 0.00000112. The predicted molar refractivity (Wildman–Crippen MR) is 109 cm³/mol. The zero-order chi connectivity index (χ0) is 18.1. The van der Waals surface area contributed by atoms with E-state index in [1.54, 1.807) is 10.6 Å². The molecule has 2 saturated heterocycles. The number of halogens is 2. The Hall–Kier alpha value is -0.870. The van der Waals surface area contributed by atoms with Crippen molar-refractivity contribution in [1.82, 2.24) is 24.5 Å². The van der Waals surface area contributed by atoms with Gasteiger partial charge in [-0.1, -0.05) is 0 Å². The second-order valence-electron chi connectivity index (χ2n) is 8.18. The monoisotopic (exact) mass is 451 g/mol. The second-order valence-corrected chi connectivity index (χ2v) is 10.1. The van der Waals surface area contributed by atoms with Crippen LogP contribution in [0.2, 0.25) is 0 Å². The van der Waals surface area contributed by atoms with E-state index < -0.39 is 15.6 Å². The smallest absolute Gasteiger partial charge is 0.226 e. The van der Waals surface area contributed by atoms with Gasteiger partial charge in [-0.25, -0.2) is 13.4 Å². The summed E-state index contributed by atoms with van der Waals surface area (Å²) in [7, 11) is -3.34. The number of aromatic nitrogens is 2. The van der Waals surface area contributed by atoms with Crippen LogP contribution in [0.4, 0.5) is 0 Å². The summed E-state index contributed by atoms with van der Waals surface area (Å²) in [5.74, 6) is 1.47. The van der Waals surface area contributed by atoms with Gasteiger partial charge in [-0.05, 0) is 37.8 Å². The summed E-state index contributed by atoms with van der Waals surface area (Å²) in [5.41, 5.74) is 1.28. The summed E-state index contributed by atoms with van der Waals surface area (Å²) < 4.78 is 26.5. The van der Waals surface area contributed by atoms with E-state index in [0.717, 1.165) is 24.5 Å². The number of piperidine rings is 2. The molecule has 2 N–H and O–H groups in total. The Kier molecular flexibility index (Phi) is 5.79. The molecule has 0 bridgehead atoms. The molecule has 1 unspecified atom stereocenters. The van der Waals surface area contributed by atoms with Crippen LogP contribution in [0, 0.1) is 17.8 Å². The molecule has 158 valence electrons. The first-order chi connectivity index (χ1) is 12.4. The lowest BCUT2D eigenvalue weighted by Crippen LogP contribution is -2.58. The highest BCUT2D eigenvalue weighted by atomic mass is 35.5. The van der Waals surface area contributed by atoms with Gasteiger partial charge in [0.15, 0.2) is 0 Å². The number of nitrogens with zero attached hydrogens (tertiary/aromatic N) is 3. The zero-order valence-electron chi connectivity index (χ0n) is 15.8. The molecule has 3 atom stereocenters. The van der Waals surface area contributed by atoms with Crippen molar-refractivity contribution in [2.75, 3.05) is 39.0 Å². The molecule has 1 aromatic heterocycles. The van der Waals surface area contributed by atoms with Crippen LogP contribution in [0.15, 0.2) is 6.33 Å². The lowest BCUT2D eigenvalue weighted by atomic mass is 9.80. The molecule has 1 aromatic rings. The number of nitrogens with one attached hydrogen (secondary N) is 2. The molecule has 1 amide bonds. The van der Waals surface area contributed by atoms with Gasteiger partial charge in [-0.2, -0.15) is 4.31 Å². The van der Waals surface area contributed by atoms with Gasteiger partial charge in [0.05, 0.1) is 23.8 Å². The fourth-order valence-corrected chi connectivity index (χ4v) is 6.85. The van der Waals surface area contributed by atoms with Gasteiger partial charge >= 0.3 is 0 Å². The quantitative estimate of drug-likeness (QED) is 0.675. The maximum absolute atomic E-state index is 12.9. The largest absolute Gasteiger partial charge is 0.348 e. The molecule has 5 rings (SSSR count). The third-order valence-corrected chi connectivity index (χ3v) is 8.21. The first kappa shape index (κ1) is 21.8. The molecule has 8 nitrogen and oxygen atoms in total. The van der Waals surface area contributed by atoms with Crippen molar-refractivity contribution in [1.29, 1.82) is 0 Å². The highest BCUT2D eigenvalue weighted by Crippen LogP contribution is 2.50. The Bertz CT molecular complexity index is 843. The number of rotatable bonds is 2. The van der Waals surface area contributed by atoms with Gasteiger partial charge < -0.3 is 15.2 Å². The fraction of sp³-hybridized carbons (Fsp3) is 0.765. The Morgan fingerprint density at radius 1 is 1.18 bits per heavy atom. The summed E-state index contributed by atoms with van der Waals surface area (Å²) in [6, 6.07) is 0. The average molecular weight is 452 g/mol. The summed E-state index contributed by atoms with van der Waals surface area (Å²) >= 11 is 0. The van der Waals surface area contributed by atoms with Crippen LogP contribution in [0.1, 0.15) is 24.2 Å². The fourth-order valence-electron chi connectivity index (χ4n) is 5.52. The van der Waals surface area contributed by atoms with Gasteiger partial charge in [0.2, 0.25) is 15.9 Å². The van der Waals surface area contributed by atoms with E-state index in [-0.39, 0.29) is 36.6 Å². The van der Waals surface area contributed by atoms with Gasteiger partial charge in [0, 0.05) is 37.7 Å². The van der Waals surface area contributed by atoms with Crippen molar-refractivity contribution in [3.63, 3.8) is 0 Å². The second kappa shape index (κ2) is 7.43. The molecule has 28 heavy (non-hydrogen) atoms. The summed E-state index contributed by atoms with van der Waals surface area (Å²) in [6.07, 6.45) is 4.83. The van der Waals surface area contributed by atoms with Crippen molar-refractivity contribution in [3.8, 4) is 0 Å². The highest BCUT2D eigenvalue weighted by Gasteiger charge is 2.59. The van der Waals surface area contributed by atoms with Crippen molar-refractivity contribution in [2.24, 2.45) is 17.8 Å². The predicted octanol–water partition coefficient (Wildman–Crippen LogP) is 0.354. The number of aromatic amines is 1. The maximum Gasteiger partial charge on any atom is 0.226 e. The maximum atomic E-state index is 12.9. The van der Waals surface area contributed by atoms with Crippen LogP contribution in [-0.4, -0.2) is 72.5 Å². The first-order valence-electron chi connectivity index (χ1n) is 9.42. The summed E-state index contributed by atoms with van der Waals surface area (Å²) in [5, 5.41) is 3.33. The third-order valence-electron chi connectivity index (χ3n) is 6.88. The van der Waals surface area contributed by atoms with Crippen LogP contribution in [0.3, 0.4) is 0 Å². The van der Waals surface area contributed by atoms with E-state index in [9.17, 15) is 13.2 Å². The molecule has 1 spiro atoms. The molecule has 1 saturated carbocycles. The number of imidazole rings is 1. The lowest BCUT2D eigenvalue weighted by Gasteiger charge is -2.49. The van der Waals surface area contributed by atoms with Crippen molar-refractivity contribution >= 4 is 40.7 Å². The van der Waals surface area contributed by atoms with Crippen LogP contribution < -0.4 is 5.32 Å². The Morgan fingerprint density at radius 2 is 1.82 bits per heavy atom. The van der Waals surface area contributed by atoms with E-state index >= 15 is 0 Å². The first-order valence-corrected chi connectivity index (χ1v) is 11.3. The van der Waals surface area contributed by atoms with Crippen LogP contribution in [0.25, 0.3) is 0 Å². The summed E-state index contributed by atoms with van der Waals surface area (Å²) in [6.45, 7) is 3.58. The van der Waals surface area contributed by atoms with Crippen molar-refractivity contribution in [3.05, 3.63) is 17.7 Å². The number of hydrogen-bond acceptors (Lipinski definition) is 5. The van der Waals surface area contributed by atoms with Gasteiger partial charge in [0.25, 0.3) is 0 Å². The lowest BCUT2D eigenvalue weighted by molar-refractivity contribution is -0.135. The highest BCUT2D eigenvalue weighted by molar-refractivity contribution is 7.88. The molecule has 1 aliphatic carbocycles. The van der Waals surface area contributed by atoms with E-state index in [1.807, 2.05) is 4.90 Å². The Morgan fingerprint density at radius 3 is 2.43 bits per heavy atom. The molecule has 0 radical (unpaired) electrons. The number of fused-ring (bicyclic) bond motifs is 3. The zero-order valence-corrected chi connectivity index (χ0v) is 18.2. The normalized spacial score (nSPS) is 30.8. The summed E-state index contributed by atoms with van der Waals surface area (Å²) in [4.78, 5) is 22.5. The van der Waals surface area contributed by atoms with Crippen molar-refractivity contribution < 1.29 is 13.2 Å². The SMILES string of the molecule is CS(=O)(=O)N1CCc2[nH]cnc2C12CCN(C(=O)C1[C@H]3CNC[C@@H]13)CC2.Cl.Cl. The van der Waals surface area contributed by atoms with Gasteiger partial charge in [-0.3, -0.25) is 4.79 Å². The minimum absolute atomic E-state index is 0. The van der Waals surface area contributed by atoms with Gasteiger partial charge in [0.1, 0.15) is 0 Å². The number of H-pyrrole nitrogens is 1. The van der Waals surface area contributed by atoms with Crippen LogP contribution in [0.5, 0.6) is 0 Å². The molecule has 3 aliphatic heterocycles. The Labute approximate surface area is 177 Å². The van der Waals surface area contributed by atoms with Gasteiger partial charge in [-0.15, -0.1) is 24.8 Å². The van der Waals surface area contributed by atoms with E-state index in [2.05, 4.69) is 15.3 Å². The number of likely N-dealkylation sites (tertiary alicyclic amines) is 1. The average Bonchev–Trinajstić information content (AvgIpc) is 2.97. The molecular weight excluding hydrogens is 425 g/mol. The standard InChI is InChI=1S/C17H25N5O3S.2ClH/c1-26(24,25)22-5-2-13-15(20-10-19-13)17(22)3-6-21(7-4-17)16(23)14-11-8-18-9-12(11)14;;/h10-12,14,18H,2-9H2,1H3,(H,19,20);2*1H/t11-,12+,14?;;. The number of hydrogen-bond donors (Lipinski definition) is 2. The number of sulfonamides is 1. The van der Waals surface area contributed by atoms with Crippen LogP contribution in [-0.2, 0) is 26.8 Å². The van der Waals surface area contributed by atoms with E-state index in [4.69, 9.17) is 0 Å². The molecule has 4 heterocycles. The molecule has 4 aliphatic rings. The minimum atomic E-state index is -3.34. The molecule has 0 aromatic carbocycles. The molecule has 11 heteroatoms. The number of amides is 1. The van der Waals surface area contributed by atoms with E-state index in [0.29, 0.717) is 50.7 Å². The van der Waals surface area contributed by atoms with Crippen LogP contribution >= 0.6 is 24.8 Å². The topological polar surface area (TPSA) is 98.4 Å².